The smallest absolute Gasteiger partial charge is 0.262 e. The number of hydrogen-bond donors (Lipinski definition) is 1. The van der Waals surface area contributed by atoms with Gasteiger partial charge < -0.3 is 10.1 Å². The maximum atomic E-state index is 10.8. The van der Waals surface area contributed by atoms with E-state index in [9.17, 15) is 4.79 Å². The summed E-state index contributed by atoms with van der Waals surface area (Å²) < 4.78 is 5.12. The van der Waals surface area contributed by atoms with E-state index in [0.717, 1.165) is 11.4 Å². The van der Waals surface area contributed by atoms with Gasteiger partial charge in [0.15, 0.2) is 6.61 Å². The van der Waals surface area contributed by atoms with Gasteiger partial charge in [-0.1, -0.05) is 26.0 Å². The van der Waals surface area contributed by atoms with Gasteiger partial charge in [-0.25, -0.2) is 0 Å². The Balaban J connectivity index is 0.000000531. The third kappa shape index (κ3) is 2.21. The Kier molecular flexibility index (Phi) is 3.31. The fraction of sp³-hybridized carbons (Fsp3) is 0.300. The molecule has 0 bridgehead atoms. The number of amides is 1. The third-order valence-corrected chi connectivity index (χ3v) is 1.52. The van der Waals surface area contributed by atoms with Crippen LogP contribution in [-0.2, 0) is 4.79 Å². The van der Waals surface area contributed by atoms with Crippen LogP contribution < -0.4 is 10.1 Å². The van der Waals surface area contributed by atoms with Gasteiger partial charge in [0, 0.05) is 1.43 Å². The maximum Gasteiger partial charge on any atom is 0.262 e. The predicted octanol–water partition coefficient (Wildman–Crippen LogP) is 2.29. The number of hydrogen-bond acceptors (Lipinski definition) is 2. The van der Waals surface area contributed by atoms with Gasteiger partial charge in [-0.15, -0.1) is 0 Å². The van der Waals surface area contributed by atoms with Crippen LogP contribution >= 0.6 is 0 Å². The number of ether oxygens (including phenoxy) is 1. The molecule has 1 heterocycles. The second kappa shape index (κ2) is 4.50. The molecule has 3 heteroatoms. The molecule has 1 aliphatic heterocycles. The van der Waals surface area contributed by atoms with Gasteiger partial charge in [0.2, 0.25) is 0 Å². The van der Waals surface area contributed by atoms with Gasteiger partial charge in [-0.3, -0.25) is 4.79 Å². The lowest BCUT2D eigenvalue weighted by atomic mass is 10.2. The van der Waals surface area contributed by atoms with Crippen LogP contribution in [0.4, 0.5) is 5.69 Å². The van der Waals surface area contributed by atoms with E-state index in [4.69, 9.17) is 4.74 Å². The van der Waals surface area contributed by atoms with E-state index < -0.39 is 0 Å². The molecule has 0 unspecified atom stereocenters. The average molecular weight is 181 g/mol. The number of benzene rings is 1. The number of nitrogens with one attached hydrogen (secondary N) is 1. The van der Waals surface area contributed by atoms with Crippen LogP contribution in [0.1, 0.15) is 15.3 Å². The Labute approximate surface area is 79.2 Å². The second-order valence-corrected chi connectivity index (χ2v) is 2.33. The Hall–Kier alpha value is -1.51. The van der Waals surface area contributed by atoms with Crippen molar-refractivity contribution in [3.05, 3.63) is 24.3 Å². The van der Waals surface area contributed by atoms with E-state index in [-0.39, 0.29) is 13.9 Å². The second-order valence-electron chi connectivity index (χ2n) is 2.33. The van der Waals surface area contributed by atoms with E-state index in [0.29, 0.717) is 0 Å². The molecule has 72 valence electrons. The molecule has 0 radical (unpaired) electrons. The molecule has 1 N–H and O–H groups in total. The molecule has 0 fully saturated rings. The Morgan fingerprint density at radius 1 is 1.38 bits per heavy atom. The third-order valence-electron chi connectivity index (χ3n) is 1.52. The van der Waals surface area contributed by atoms with Gasteiger partial charge >= 0.3 is 0 Å². The molecule has 0 aromatic heterocycles. The zero-order chi connectivity index (χ0) is 9.68. The fourth-order valence-corrected chi connectivity index (χ4v) is 1.03. The summed E-state index contributed by atoms with van der Waals surface area (Å²) in [4.78, 5) is 10.8. The van der Waals surface area contributed by atoms with E-state index in [1.807, 2.05) is 38.1 Å². The van der Waals surface area contributed by atoms with Gasteiger partial charge in [0.05, 0.1) is 5.69 Å². The zero-order valence-corrected chi connectivity index (χ0v) is 7.83. The summed E-state index contributed by atoms with van der Waals surface area (Å²) in [5.74, 6) is 0.649. The van der Waals surface area contributed by atoms with Crippen molar-refractivity contribution in [1.29, 1.82) is 0 Å². The molecule has 0 saturated carbocycles. The summed E-state index contributed by atoms with van der Waals surface area (Å²) in [6, 6.07) is 7.37. The van der Waals surface area contributed by atoms with Crippen molar-refractivity contribution < 1.29 is 11.0 Å². The lowest BCUT2D eigenvalue weighted by Crippen LogP contribution is -2.25. The molecule has 1 aromatic carbocycles. The molecule has 0 saturated heterocycles. The van der Waals surface area contributed by atoms with E-state index in [1.54, 1.807) is 0 Å². The van der Waals surface area contributed by atoms with Gasteiger partial charge in [0.25, 0.3) is 5.91 Å². The molecular formula is C10H15NO2. The standard InChI is InChI=1S/C8H7NO2.C2H6.H2/c10-8-5-11-7-4-2-1-3-6(7)9-8;1-2;/h1-4H,5H2,(H,9,10);1-2H3;1H. The minimum Gasteiger partial charge on any atom is -0.482 e. The summed E-state index contributed by atoms with van der Waals surface area (Å²) in [6.07, 6.45) is 0. The van der Waals surface area contributed by atoms with Crippen LogP contribution in [0.5, 0.6) is 5.75 Å². The van der Waals surface area contributed by atoms with E-state index in [2.05, 4.69) is 5.32 Å². The van der Waals surface area contributed by atoms with Gasteiger partial charge in [0.1, 0.15) is 5.75 Å². The molecular weight excluding hydrogens is 166 g/mol. The Morgan fingerprint density at radius 3 is 2.85 bits per heavy atom. The Bertz CT molecular complexity index is 302. The van der Waals surface area contributed by atoms with Crippen LogP contribution in [0.25, 0.3) is 0 Å². The maximum absolute atomic E-state index is 10.8. The summed E-state index contributed by atoms with van der Waals surface area (Å²) in [6.45, 7) is 4.12. The number of para-hydroxylation sites is 2. The lowest BCUT2D eigenvalue weighted by Gasteiger charge is -2.16. The highest BCUT2D eigenvalue weighted by Gasteiger charge is 2.13. The predicted molar refractivity (Wildman–Crippen MR) is 54.0 cm³/mol. The molecule has 0 spiro atoms. The van der Waals surface area contributed by atoms with Crippen molar-refractivity contribution in [3.8, 4) is 5.75 Å². The molecule has 1 aromatic rings. The van der Waals surface area contributed by atoms with Crippen LogP contribution in [0.3, 0.4) is 0 Å². The summed E-state index contributed by atoms with van der Waals surface area (Å²) >= 11 is 0. The summed E-state index contributed by atoms with van der Waals surface area (Å²) in [5, 5.41) is 2.70. The quantitative estimate of drug-likeness (QED) is 0.666. The fourth-order valence-electron chi connectivity index (χ4n) is 1.03. The van der Waals surface area contributed by atoms with Gasteiger partial charge in [-0.2, -0.15) is 0 Å². The molecule has 13 heavy (non-hydrogen) atoms. The van der Waals surface area contributed by atoms with E-state index >= 15 is 0 Å². The first-order valence-electron chi connectivity index (χ1n) is 4.38. The summed E-state index contributed by atoms with van der Waals surface area (Å²) in [5.41, 5.74) is 0.753. The highest BCUT2D eigenvalue weighted by molar-refractivity contribution is 5.95. The van der Waals surface area contributed by atoms with Gasteiger partial charge in [-0.05, 0) is 12.1 Å². The molecule has 0 atom stereocenters. The first-order valence-corrected chi connectivity index (χ1v) is 4.38. The van der Waals surface area contributed by atoms with Crippen molar-refractivity contribution in [2.24, 2.45) is 0 Å². The number of fused-ring (bicyclic) bond motifs is 1. The number of carbonyl (C=O) groups excluding carboxylic acids is 1. The van der Waals surface area contributed by atoms with Crippen molar-refractivity contribution in [3.63, 3.8) is 0 Å². The normalized spacial score (nSPS) is 12.9. The van der Waals surface area contributed by atoms with Crippen LogP contribution in [0.15, 0.2) is 24.3 Å². The lowest BCUT2D eigenvalue weighted by molar-refractivity contribution is -0.118. The monoisotopic (exact) mass is 181 g/mol. The number of carbonyl (C=O) groups is 1. The SMILES string of the molecule is CC.O=C1COc2ccccc2N1.[HH]. The molecule has 3 nitrogen and oxygen atoms in total. The number of anilines is 1. The summed E-state index contributed by atoms with van der Waals surface area (Å²) in [7, 11) is 0. The van der Waals surface area contributed by atoms with Crippen molar-refractivity contribution >= 4 is 11.6 Å². The first-order chi connectivity index (χ1) is 6.36. The highest BCUT2D eigenvalue weighted by Crippen LogP contribution is 2.25. The minimum absolute atomic E-state index is 0. The Morgan fingerprint density at radius 2 is 2.08 bits per heavy atom. The minimum atomic E-state index is -0.0938. The average Bonchev–Trinajstić information content (AvgIpc) is 2.21. The molecule has 1 aliphatic rings. The molecule has 2 rings (SSSR count). The van der Waals surface area contributed by atoms with Crippen LogP contribution in [0.2, 0.25) is 0 Å². The molecule has 1 amide bonds. The van der Waals surface area contributed by atoms with Crippen molar-refractivity contribution in [2.75, 3.05) is 11.9 Å². The van der Waals surface area contributed by atoms with Crippen molar-refractivity contribution in [1.82, 2.24) is 0 Å². The van der Waals surface area contributed by atoms with Crippen molar-refractivity contribution in [2.45, 2.75) is 13.8 Å². The first kappa shape index (κ1) is 9.58. The zero-order valence-electron chi connectivity index (χ0n) is 7.83. The topological polar surface area (TPSA) is 38.3 Å². The highest BCUT2D eigenvalue weighted by atomic mass is 16.5. The van der Waals surface area contributed by atoms with Crippen LogP contribution in [-0.4, -0.2) is 12.5 Å². The van der Waals surface area contributed by atoms with Crippen LogP contribution in [0, 0.1) is 0 Å². The van der Waals surface area contributed by atoms with E-state index in [1.165, 1.54) is 0 Å². The molecule has 0 aliphatic carbocycles. The largest absolute Gasteiger partial charge is 0.482 e. The number of rotatable bonds is 0.